The molecule has 1 unspecified atom stereocenters. The van der Waals surface area contributed by atoms with E-state index in [0.29, 0.717) is 5.92 Å². The lowest BCUT2D eigenvalue weighted by Crippen LogP contribution is -2.18. The minimum Gasteiger partial charge on any atom is -0.490 e. The third-order valence-electron chi connectivity index (χ3n) is 3.58. The number of ether oxygens (including phenoxy) is 1. The van der Waals surface area contributed by atoms with Crippen LogP contribution in [0.2, 0.25) is 0 Å². The first-order valence-electron chi connectivity index (χ1n) is 6.79. The van der Waals surface area contributed by atoms with Crippen LogP contribution in [-0.4, -0.2) is 13.2 Å². The van der Waals surface area contributed by atoms with Crippen LogP contribution >= 0.6 is 0 Å². The summed E-state index contributed by atoms with van der Waals surface area (Å²) in [4.78, 5) is 0. The van der Waals surface area contributed by atoms with E-state index in [1.807, 2.05) is 0 Å². The molecule has 0 aromatic heterocycles. The fraction of sp³-hybridized carbons (Fsp3) is 0.600. The molecule has 2 nitrogen and oxygen atoms in total. The van der Waals surface area contributed by atoms with Gasteiger partial charge in [-0.05, 0) is 42.0 Å². The molecule has 2 heteroatoms. The summed E-state index contributed by atoms with van der Waals surface area (Å²) in [5, 5.41) is 3.43. The molecule has 0 aliphatic carbocycles. The van der Waals surface area contributed by atoms with Crippen molar-refractivity contribution in [1.29, 1.82) is 0 Å². The van der Waals surface area contributed by atoms with E-state index in [-0.39, 0.29) is 0 Å². The lowest BCUT2D eigenvalue weighted by Gasteiger charge is -2.24. The van der Waals surface area contributed by atoms with Crippen molar-refractivity contribution in [1.82, 2.24) is 0 Å². The van der Waals surface area contributed by atoms with Crippen molar-refractivity contribution in [3.05, 3.63) is 23.3 Å². The molecule has 0 bridgehead atoms. The fourth-order valence-electron chi connectivity index (χ4n) is 2.41. The van der Waals surface area contributed by atoms with Crippen LogP contribution in [0.25, 0.3) is 0 Å². The molecule has 0 saturated heterocycles. The quantitative estimate of drug-likeness (QED) is 0.850. The van der Waals surface area contributed by atoms with Gasteiger partial charge >= 0.3 is 0 Å². The Bertz CT molecular complexity index is 387. The van der Waals surface area contributed by atoms with Gasteiger partial charge in [0.15, 0.2) is 0 Å². The van der Waals surface area contributed by atoms with E-state index in [1.54, 1.807) is 0 Å². The summed E-state index contributed by atoms with van der Waals surface area (Å²) in [6.45, 7) is 8.49. The molecule has 1 N–H and O–H groups in total. The lowest BCUT2D eigenvalue weighted by atomic mass is 9.90. The monoisotopic (exact) mass is 233 g/mol. The first-order chi connectivity index (χ1) is 8.26. The van der Waals surface area contributed by atoms with Crippen LogP contribution in [0.1, 0.15) is 50.7 Å². The minimum atomic E-state index is 0.630. The second-order valence-corrected chi connectivity index (χ2v) is 4.88. The average Bonchev–Trinajstić information content (AvgIpc) is 2.37. The Morgan fingerprint density at radius 3 is 2.88 bits per heavy atom. The van der Waals surface area contributed by atoms with Crippen LogP contribution in [0.5, 0.6) is 5.75 Å². The Morgan fingerprint density at radius 2 is 2.18 bits per heavy atom. The Hall–Kier alpha value is -1.18. The van der Waals surface area contributed by atoms with Crippen molar-refractivity contribution in [3.8, 4) is 5.75 Å². The van der Waals surface area contributed by atoms with Crippen molar-refractivity contribution < 1.29 is 4.74 Å². The van der Waals surface area contributed by atoms with Gasteiger partial charge in [-0.3, -0.25) is 0 Å². The van der Waals surface area contributed by atoms with Crippen LogP contribution < -0.4 is 10.1 Å². The van der Waals surface area contributed by atoms with E-state index in [1.165, 1.54) is 29.7 Å². The maximum Gasteiger partial charge on any atom is 0.142 e. The molecular weight excluding hydrogens is 210 g/mol. The molecule has 2 rings (SSSR count). The van der Waals surface area contributed by atoms with E-state index in [0.717, 1.165) is 25.3 Å². The van der Waals surface area contributed by atoms with Crippen molar-refractivity contribution in [2.24, 2.45) is 0 Å². The van der Waals surface area contributed by atoms with Gasteiger partial charge in [0, 0.05) is 6.54 Å². The number of benzene rings is 1. The van der Waals surface area contributed by atoms with Crippen molar-refractivity contribution >= 4 is 5.69 Å². The molecule has 0 amide bonds. The Balaban J connectivity index is 2.40. The maximum atomic E-state index is 5.72. The highest BCUT2D eigenvalue weighted by Gasteiger charge is 2.16. The zero-order valence-electron chi connectivity index (χ0n) is 11.2. The Kier molecular flexibility index (Phi) is 3.93. The van der Waals surface area contributed by atoms with E-state index in [2.05, 4.69) is 38.2 Å². The molecular formula is C15H23NO. The molecule has 1 aromatic carbocycles. The van der Waals surface area contributed by atoms with Crippen LogP contribution in [0.15, 0.2) is 12.1 Å². The normalized spacial score (nSPS) is 15.7. The highest BCUT2D eigenvalue weighted by molar-refractivity contribution is 5.62. The molecule has 0 saturated carbocycles. The number of aryl methyl sites for hydroxylation is 1. The Morgan fingerprint density at radius 1 is 1.35 bits per heavy atom. The fourth-order valence-corrected chi connectivity index (χ4v) is 2.41. The largest absolute Gasteiger partial charge is 0.490 e. The lowest BCUT2D eigenvalue weighted by molar-refractivity contribution is 0.322. The van der Waals surface area contributed by atoms with Crippen LogP contribution in [0, 0.1) is 0 Å². The molecule has 1 aliphatic rings. The number of rotatable bonds is 4. The summed E-state index contributed by atoms with van der Waals surface area (Å²) in [5.41, 5.74) is 4.13. The zero-order chi connectivity index (χ0) is 12.3. The second-order valence-electron chi connectivity index (χ2n) is 4.88. The van der Waals surface area contributed by atoms with Crippen molar-refractivity contribution in [2.75, 3.05) is 18.5 Å². The summed E-state index contributed by atoms with van der Waals surface area (Å²) < 4.78 is 5.72. The third-order valence-corrected chi connectivity index (χ3v) is 3.58. The van der Waals surface area contributed by atoms with Gasteiger partial charge < -0.3 is 10.1 Å². The van der Waals surface area contributed by atoms with Gasteiger partial charge in [-0.2, -0.15) is 0 Å². The molecule has 1 aliphatic heterocycles. The van der Waals surface area contributed by atoms with Crippen LogP contribution in [0.4, 0.5) is 5.69 Å². The van der Waals surface area contributed by atoms with Gasteiger partial charge in [0.05, 0.1) is 5.69 Å². The summed E-state index contributed by atoms with van der Waals surface area (Å²) in [5.74, 6) is 1.66. The third kappa shape index (κ3) is 2.56. The van der Waals surface area contributed by atoms with Crippen LogP contribution in [0.3, 0.4) is 0 Å². The van der Waals surface area contributed by atoms with E-state index >= 15 is 0 Å². The molecule has 94 valence electrons. The van der Waals surface area contributed by atoms with Gasteiger partial charge in [0.25, 0.3) is 0 Å². The molecule has 0 fully saturated rings. The smallest absolute Gasteiger partial charge is 0.142 e. The van der Waals surface area contributed by atoms with Gasteiger partial charge in [-0.15, -0.1) is 0 Å². The predicted octanol–water partition coefficient (Wildman–Crippen LogP) is 3.96. The number of hydrogen-bond donors (Lipinski definition) is 1. The van der Waals surface area contributed by atoms with E-state index in [4.69, 9.17) is 4.74 Å². The van der Waals surface area contributed by atoms with E-state index < -0.39 is 0 Å². The molecule has 0 spiro atoms. The van der Waals surface area contributed by atoms with Gasteiger partial charge in [-0.1, -0.05) is 27.2 Å². The standard InChI is InChI=1S/C15H23NO/c1-4-6-12-9-15-14(16-7-8-17-15)10-13(12)11(3)5-2/h9-11,16H,4-8H2,1-3H3. The zero-order valence-corrected chi connectivity index (χ0v) is 11.2. The molecule has 1 atom stereocenters. The van der Waals surface area contributed by atoms with Gasteiger partial charge in [-0.25, -0.2) is 0 Å². The second kappa shape index (κ2) is 5.44. The average molecular weight is 233 g/mol. The highest BCUT2D eigenvalue weighted by atomic mass is 16.5. The first-order valence-corrected chi connectivity index (χ1v) is 6.79. The molecule has 0 radical (unpaired) electrons. The minimum absolute atomic E-state index is 0.630. The predicted molar refractivity (Wildman–Crippen MR) is 73.1 cm³/mol. The molecule has 17 heavy (non-hydrogen) atoms. The number of fused-ring (bicyclic) bond motifs is 1. The highest BCUT2D eigenvalue weighted by Crippen LogP contribution is 2.35. The van der Waals surface area contributed by atoms with Gasteiger partial charge in [0.1, 0.15) is 12.4 Å². The Labute approximate surface area is 104 Å². The van der Waals surface area contributed by atoms with Gasteiger partial charge in [0.2, 0.25) is 0 Å². The topological polar surface area (TPSA) is 21.3 Å². The summed E-state index contributed by atoms with van der Waals surface area (Å²) in [6.07, 6.45) is 3.53. The summed E-state index contributed by atoms with van der Waals surface area (Å²) in [7, 11) is 0. The summed E-state index contributed by atoms with van der Waals surface area (Å²) in [6, 6.07) is 4.54. The SMILES string of the molecule is CCCc1cc2c(cc1C(C)CC)NCCO2. The number of hydrogen-bond acceptors (Lipinski definition) is 2. The summed E-state index contributed by atoms with van der Waals surface area (Å²) >= 11 is 0. The number of anilines is 1. The first kappa shape index (κ1) is 12.3. The van der Waals surface area contributed by atoms with E-state index in [9.17, 15) is 0 Å². The molecule has 1 heterocycles. The maximum absolute atomic E-state index is 5.72. The van der Waals surface area contributed by atoms with Crippen molar-refractivity contribution in [2.45, 2.75) is 46.0 Å². The van der Waals surface area contributed by atoms with Crippen LogP contribution in [-0.2, 0) is 6.42 Å². The number of nitrogens with one attached hydrogen (secondary N) is 1. The van der Waals surface area contributed by atoms with Crippen molar-refractivity contribution in [3.63, 3.8) is 0 Å². The molecule has 1 aromatic rings.